The molecule has 0 aromatic rings. The van der Waals surface area contributed by atoms with Gasteiger partial charge in [-0.2, -0.15) is 0 Å². The van der Waals surface area contributed by atoms with Gasteiger partial charge in [-0.25, -0.2) is 0 Å². The summed E-state index contributed by atoms with van der Waals surface area (Å²) in [4.78, 5) is 12.0. The monoisotopic (exact) mass is 238 g/mol. The molecule has 3 nitrogen and oxygen atoms in total. The van der Waals surface area contributed by atoms with Gasteiger partial charge in [-0.3, -0.25) is 4.79 Å². The third-order valence-electron chi connectivity index (χ3n) is 4.42. The van der Waals surface area contributed by atoms with E-state index in [1.807, 2.05) is 0 Å². The number of hydrogen-bond acceptors (Lipinski definition) is 2. The summed E-state index contributed by atoms with van der Waals surface area (Å²) in [6, 6.07) is 0. The number of amides is 1. The summed E-state index contributed by atoms with van der Waals surface area (Å²) in [6.07, 6.45) is 8.77. The molecular weight excluding hydrogens is 212 g/mol. The summed E-state index contributed by atoms with van der Waals surface area (Å²) >= 11 is 0. The highest BCUT2D eigenvalue weighted by Crippen LogP contribution is 2.34. The van der Waals surface area contributed by atoms with Crippen LogP contribution in [0.1, 0.15) is 51.9 Å². The fourth-order valence-corrected chi connectivity index (χ4v) is 3.10. The van der Waals surface area contributed by atoms with E-state index >= 15 is 0 Å². The first kappa shape index (κ1) is 12.9. The molecule has 1 aliphatic carbocycles. The molecule has 98 valence electrons. The molecule has 1 saturated heterocycles. The van der Waals surface area contributed by atoms with Gasteiger partial charge < -0.3 is 10.6 Å². The molecule has 0 unspecified atom stereocenters. The van der Waals surface area contributed by atoms with Crippen molar-refractivity contribution in [1.82, 2.24) is 10.6 Å². The molecule has 3 heteroatoms. The van der Waals surface area contributed by atoms with Gasteiger partial charge >= 0.3 is 0 Å². The van der Waals surface area contributed by atoms with Gasteiger partial charge in [-0.05, 0) is 37.6 Å². The molecule has 0 aromatic carbocycles. The van der Waals surface area contributed by atoms with Crippen molar-refractivity contribution in [2.45, 2.75) is 51.9 Å². The molecule has 17 heavy (non-hydrogen) atoms. The zero-order chi connectivity index (χ0) is 12.1. The first-order valence-corrected chi connectivity index (χ1v) is 7.18. The fraction of sp³-hybridized carbons (Fsp3) is 0.929. The van der Waals surface area contributed by atoms with Crippen molar-refractivity contribution in [3.63, 3.8) is 0 Å². The number of rotatable bonds is 3. The van der Waals surface area contributed by atoms with E-state index in [9.17, 15) is 4.79 Å². The van der Waals surface area contributed by atoms with Gasteiger partial charge in [-0.15, -0.1) is 0 Å². The summed E-state index contributed by atoms with van der Waals surface area (Å²) in [7, 11) is 0. The third kappa shape index (κ3) is 3.70. The van der Waals surface area contributed by atoms with Gasteiger partial charge in [0.2, 0.25) is 5.91 Å². The fourth-order valence-electron chi connectivity index (χ4n) is 3.10. The Morgan fingerprint density at radius 2 is 2.06 bits per heavy atom. The van der Waals surface area contributed by atoms with E-state index in [4.69, 9.17) is 0 Å². The number of nitrogens with one attached hydrogen (secondary N) is 2. The second-order valence-corrected chi connectivity index (χ2v) is 6.13. The molecule has 2 N–H and O–H groups in total. The summed E-state index contributed by atoms with van der Waals surface area (Å²) < 4.78 is 0. The number of hydrogen-bond donors (Lipinski definition) is 2. The molecular formula is C14H26N2O. The van der Waals surface area contributed by atoms with Crippen LogP contribution in [-0.4, -0.2) is 25.5 Å². The molecule has 1 heterocycles. The summed E-state index contributed by atoms with van der Waals surface area (Å²) in [5, 5.41) is 6.49. The van der Waals surface area contributed by atoms with Crippen molar-refractivity contribution in [2.24, 2.45) is 11.3 Å². The molecule has 1 aliphatic heterocycles. The maximum atomic E-state index is 12.0. The van der Waals surface area contributed by atoms with Crippen molar-refractivity contribution < 1.29 is 4.79 Å². The lowest BCUT2D eigenvalue weighted by Gasteiger charge is -2.34. The van der Waals surface area contributed by atoms with Crippen LogP contribution in [0.2, 0.25) is 0 Å². The lowest BCUT2D eigenvalue weighted by Crippen LogP contribution is -2.44. The Bertz CT molecular complexity index is 253. The Morgan fingerprint density at radius 1 is 1.29 bits per heavy atom. The lowest BCUT2D eigenvalue weighted by molar-refractivity contribution is -0.126. The van der Waals surface area contributed by atoms with E-state index in [1.165, 1.54) is 32.1 Å². The minimum atomic E-state index is 0.205. The third-order valence-corrected chi connectivity index (χ3v) is 4.42. The average Bonchev–Trinajstić information content (AvgIpc) is 2.38. The first-order chi connectivity index (χ1) is 8.20. The highest BCUT2D eigenvalue weighted by Gasteiger charge is 2.28. The molecule has 0 spiro atoms. The van der Waals surface area contributed by atoms with E-state index in [0.29, 0.717) is 5.41 Å². The summed E-state index contributed by atoms with van der Waals surface area (Å²) in [5.41, 5.74) is 0.357. The molecule has 1 saturated carbocycles. The molecule has 2 fully saturated rings. The van der Waals surface area contributed by atoms with Gasteiger partial charge in [-0.1, -0.05) is 26.2 Å². The largest absolute Gasteiger partial charge is 0.355 e. The maximum absolute atomic E-state index is 12.0. The molecule has 0 aromatic heterocycles. The van der Waals surface area contributed by atoms with Crippen LogP contribution in [0.5, 0.6) is 0 Å². The van der Waals surface area contributed by atoms with Crippen LogP contribution in [-0.2, 0) is 4.79 Å². The van der Waals surface area contributed by atoms with Gasteiger partial charge in [0, 0.05) is 13.1 Å². The quantitative estimate of drug-likeness (QED) is 0.790. The standard InChI is InChI=1S/C14H26N2O/c1-14(7-3-2-4-8-14)11-16-13(17)12-6-5-9-15-10-12/h12,15H,2-11H2,1H3,(H,16,17)/t12-/m0/s1. The average molecular weight is 238 g/mol. The summed E-state index contributed by atoms with van der Waals surface area (Å²) in [6.45, 7) is 5.14. The minimum absolute atomic E-state index is 0.205. The van der Waals surface area contributed by atoms with Crippen molar-refractivity contribution >= 4 is 5.91 Å². The molecule has 2 aliphatic rings. The zero-order valence-electron chi connectivity index (χ0n) is 11.1. The van der Waals surface area contributed by atoms with Crippen LogP contribution in [0, 0.1) is 11.3 Å². The molecule has 1 atom stereocenters. The van der Waals surface area contributed by atoms with Crippen molar-refractivity contribution in [1.29, 1.82) is 0 Å². The van der Waals surface area contributed by atoms with E-state index in [-0.39, 0.29) is 11.8 Å². The molecule has 0 bridgehead atoms. The SMILES string of the molecule is CC1(CNC(=O)[C@H]2CCCNC2)CCCCC1. The molecule has 0 radical (unpaired) electrons. The number of piperidine rings is 1. The van der Waals surface area contributed by atoms with E-state index < -0.39 is 0 Å². The summed E-state index contributed by atoms with van der Waals surface area (Å²) in [5.74, 6) is 0.472. The number of carbonyl (C=O) groups excluding carboxylic acids is 1. The van der Waals surface area contributed by atoms with Crippen LogP contribution in [0.25, 0.3) is 0 Å². The minimum Gasteiger partial charge on any atom is -0.355 e. The Morgan fingerprint density at radius 3 is 2.71 bits per heavy atom. The van der Waals surface area contributed by atoms with Gasteiger partial charge in [0.25, 0.3) is 0 Å². The van der Waals surface area contributed by atoms with Gasteiger partial charge in [0.1, 0.15) is 0 Å². The second-order valence-electron chi connectivity index (χ2n) is 6.13. The van der Waals surface area contributed by atoms with E-state index in [2.05, 4.69) is 17.6 Å². The predicted molar refractivity (Wildman–Crippen MR) is 69.8 cm³/mol. The van der Waals surface area contributed by atoms with Crippen LogP contribution in [0.3, 0.4) is 0 Å². The highest BCUT2D eigenvalue weighted by molar-refractivity contribution is 5.79. The van der Waals surface area contributed by atoms with Crippen LogP contribution < -0.4 is 10.6 Å². The second kappa shape index (κ2) is 5.85. The smallest absolute Gasteiger partial charge is 0.224 e. The van der Waals surface area contributed by atoms with Crippen molar-refractivity contribution in [3.05, 3.63) is 0 Å². The van der Waals surface area contributed by atoms with Crippen LogP contribution >= 0.6 is 0 Å². The normalized spacial score (nSPS) is 28.6. The first-order valence-electron chi connectivity index (χ1n) is 7.18. The highest BCUT2D eigenvalue weighted by atomic mass is 16.1. The van der Waals surface area contributed by atoms with Crippen LogP contribution in [0.15, 0.2) is 0 Å². The molecule has 1 amide bonds. The number of carbonyl (C=O) groups is 1. The Balaban J connectivity index is 1.74. The Labute approximate surface area is 105 Å². The van der Waals surface area contributed by atoms with E-state index in [1.54, 1.807) is 0 Å². The van der Waals surface area contributed by atoms with Gasteiger partial charge in [0.15, 0.2) is 0 Å². The Kier molecular flexibility index (Phi) is 4.43. The lowest BCUT2D eigenvalue weighted by atomic mass is 9.75. The van der Waals surface area contributed by atoms with Crippen LogP contribution in [0.4, 0.5) is 0 Å². The zero-order valence-corrected chi connectivity index (χ0v) is 11.1. The predicted octanol–water partition coefficient (Wildman–Crippen LogP) is 2.07. The maximum Gasteiger partial charge on any atom is 0.224 e. The van der Waals surface area contributed by atoms with E-state index in [0.717, 1.165) is 32.5 Å². The molecule has 2 rings (SSSR count). The van der Waals surface area contributed by atoms with Gasteiger partial charge in [0.05, 0.1) is 5.92 Å². The topological polar surface area (TPSA) is 41.1 Å². The van der Waals surface area contributed by atoms with Crippen molar-refractivity contribution in [3.8, 4) is 0 Å². The Hall–Kier alpha value is -0.570. The van der Waals surface area contributed by atoms with Crippen molar-refractivity contribution in [2.75, 3.05) is 19.6 Å².